The van der Waals surface area contributed by atoms with Gasteiger partial charge in [-0.1, -0.05) is 0 Å². The van der Waals surface area contributed by atoms with Crippen LogP contribution in [0.4, 0.5) is 0 Å². The normalized spacial score (nSPS) is 13.4. The van der Waals surface area contributed by atoms with E-state index in [2.05, 4.69) is 15.1 Å². The molecule has 1 aromatic heterocycles. The van der Waals surface area contributed by atoms with Gasteiger partial charge in [-0.2, -0.15) is 9.82 Å². The summed E-state index contributed by atoms with van der Waals surface area (Å²) in [5.74, 6) is -0.437. The second-order valence-electron chi connectivity index (χ2n) is 5.27. The number of nitrogens with two attached hydrogens (primary N) is 1. The number of amides is 1. The van der Waals surface area contributed by atoms with Crippen LogP contribution in [0.5, 0.6) is 0 Å². The number of hydrogen-bond donors (Lipinski definition) is 3. The van der Waals surface area contributed by atoms with E-state index in [1.807, 2.05) is 0 Å². The fraction of sp³-hybridized carbons (Fsp3) is 0.636. The van der Waals surface area contributed by atoms with Crippen molar-refractivity contribution >= 4 is 28.3 Å². The summed E-state index contributed by atoms with van der Waals surface area (Å²) in [6, 6.07) is -0.911. The number of aryl methyl sites for hydroxylation is 1. The molecule has 10 heteroatoms. The molecular weight excluding hydrogens is 318 g/mol. The molecule has 0 radical (unpaired) electrons. The molecule has 0 bridgehead atoms. The molecule has 4 N–H and O–H groups in total. The van der Waals surface area contributed by atoms with Crippen molar-refractivity contribution in [3.8, 4) is 0 Å². The van der Waals surface area contributed by atoms with Crippen LogP contribution in [-0.2, 0) is 21.9 Å². The highest BCUT2D eigenvalue weighted by molar-refractivity contribution is 7.89. The Kier molecular flexibility index (Phi) is 6.81. The molecule has 21 heavy (non-hydrogen) atoms. The standard InChI is InChI=1S/C11H21N5O3S.ClH/c1-8(10(17)14-11(2,3)7-12)15-20(18,19)9-5-13-16(4)6-9;/h5-6,8,15H,7,12H2,1-4H3,(H,14,17);1H. The van der Waals surface area contributed by atoms with Crippen LogP contribution in [-0.4, -0.2) is 42.2 Å². The van der Waals surface area contributed by atoms with E-state index in [9.17, 15) is 13.2 Å². The Hall–Kier alpha value is -1.16. The molecule has 122 valence electrons. The maximum atomic E-state index is 12.0. The van der Waals surface area contributed by atoms with Crippen molar-refractivity contribution in [1.29, 1.82) is 0 Å². The molecule has 0 fully saturated rings. The highest BCUT2D eigenvalue weighted by Gasteiger charge is 2.26. The Morgan fingerprint density at radius 3 is 2.52 bits per heavy atom. The summed E-state index contributed by atoms with van der Waals surface area (Å²) in [6.45, 7) is 5.23. The first-order chi connectivity index (χ1) is 9.07. The molecule has 1 rings (SSSR count). The predicted molar refractivity (Wildman–Crippen MR) is 81.5 cm³/mol. The molecule has 1 amide bonds. The topological polar surface area (TPSA) is 119 Å². The molecule has 1 unspecified atom stereocenters. The average molecular weight is 340 g/mol. The molecule has 0 spiro atoms. The van der Waals surface area contributed by atoms with Gasteiger partial charge in [0.2, 0.25) is 15.9 Å². The maximum absolute atomic E-state index is 12.0. The average Bonchev–Trinajstić information content (AvgIpc) is 2.75. The van der Waals surface area contributed by atoms with Gasteiger partial charge in [0.15, 0.2) is 0 Å². The van der Waals surface area contributed by atoms with Crippen LogP contribution in [0.2, 0.25) is 0 Å². The van der Waals surface area contributed by atoms with E-state index in [0.29, 0.717) is 0 Å². The van der Waals surface area contributed by atoms with Gasteiger partial charge in [-0.15, -0.1) is 12.4 Å². The summed E-state index contributed by atoms with van der Waals surface area (Å²) in [6.07, 6.45) is 2.58. The zero-order valence-corrected chi connectivity index (χ0v) is 14.1. The lowest BCUT2D eigenvalue weighted by atomic mass is 10.1. The molecule has 0 aliphatic carbocycles. The second kappa shape index (κ2) is 7.21. The Bertz CT molecular complexity index is 584. The quantitative estimate of drug-likeness (QED) is 0.637. The van der Waals surface area contributed by atoms with Crippen LogP contribution in [0.3, 0.4) is 0 Å². The van der Waals surface area contributed by atoms with E-state index in [4.69, 9.17) is 5.73 Å². The van der Waals surface area contributed by atoms with Gasteiger partial charge >= 0.3 is 0 Å². The van der Waals surface area contributed by atoms with Crippen LogP contribution >= 0.6 is 12.4 Å². The Balaban J connectivity index is 0.00000400. The fourth-order valence-corrected chi connectivity index (χ4v) is 2.57. The van der Waals surface area contributed by atoms with Crippen molar-refractivity contribution < 1.29 is 13.2 Å². The molecule has 1 atom stereocenters. The minimum Gasteiger partial charge on any atom is -0.349 e. The van der Waals surface area contributed by atoms with Crippen LogP contribution in [0, 0.1) is 0 Å². The lowest BCUT2D eigenvalue weighted by molar-refractivity contribution is -0.123. The van der Waals surface area contributed by atoms with Crippen molar-refractivity contribution in [2.45, 2.75) is 37.2 Å². The van der Waals surface area contributed by atoms with Crippen LogP contribution in [0.25, 0.3) is 0 Å². The Morgan fingerprint density at radius 1 is 1.52 bits per heavy atom. The third kappa shape index (κ3) is 5.62. The molecule has 0 saturated carbocycles. The molecule has 0 aliphatic heterocycles. The smallest absolute Gasteiger partial charge is 0.244 e. The summed E-state index contributed by atoms with van der Waals surface area (Å²) in [4.78, 5) is 11.9. The lowest BCUT2D eigenvalue weighted by Crippen LogP contribution is -2.54. The van der Waals surface area contributed by atoms with Gasteiger partial charge in [0.25, 0.3) is 0 Å². The van der Waals surface area contributed by atoms with Crippen LogP contribution in [0.1, 0.15) is 20.8 Å². The van der Waals surface area contributed by atoms with Crippen LogP contribution < -0.4 is 15.8 Å². The molecule has 1 heterocycles. The SMILES string of the molecule is CC(NS(=O)(=O)c1cnn(C)c1)C(=O)NC(C)(C)CN.Cl. The highest BCUT2D eigenvalue weighted by atomic mass is 35.5. The molecule has 0 aliphatic rings. The van der Waals surface area contributed by atoms with E-state index in [1.54, 1.807) is 20.9 Å². The van der Waals surface area contributed by atoms with Crippen LogP contribution in [0.15, 0.2) is 17.3 Å². The number of halogens is 1. The van der Waals surface area contributed by atoms with E-state index in [1.165, 1.54) is 24.0 Å². The van der Waals surface area contributed by atoms with Crippen molar-refractivity contribution in [2.24, 2.45) is 12.8 Å². The second-order valence-corrected chi connectivity index (χ2v) is 6.98. The van der Waals surface area contributed by atoms with E-state index in [-0.39, 0.29) is 23.8 Å². The number of carbonyl (C=O) groups excluding carboxylic acids is 1. The number of aromatic nitrogens is 2. The Labute approximate surface area is 130 Å². The van der Waals surface area contributed by atoms with Gasteiger partial charge < -0.3 is 11.1 Å². The molecule has 0 saturated heterocycles. The van der Waals surface area contributed by atoms with E-state index >= 15 is 0 Å². The molecule has 0 aromatic carbocycles. The summed E-state index contributed by atoms with van der Waals surface area (Å²) < 4.78 is 27.7. The maximum Gasteiger partial charge on any atom is 0.244 e. The van der Waals surface area contributed by atoms with Gasteiger partial charge in [0.05, 0.1) is 12.2 Å². The molecule has 1 aromatic rings. The van der Waals surface area contributed by atoms with Crippen molar-refractivity contribution in [2.75, 3.05) is 6.54 Å². The number of hydrogen-bond acceptors (Lipinski definition) is 5. The molecular formula is C11H22ClN5O3S. The number of rotatable bonds is 6. The zero-order chi connectivity index (χ0) is 15.6. The summed E-state index contributed by atoms with van der Waals surface area (Å²) in [5, 5.41) is 6.46. The number of carbonyl (C=O) groups is 1. The third-order valence-electron chi connectivity index (χ3n) is 2.69. The number of nitrogens with one attached hydrogen (secondary N) is 2. The Morgan fingerprint density at radius 2 is 2.10 bits per heavy atom. The zero-order valence-electron chi connectivity index (χ0n) is 12.5. The first-order valence-corrected chi connectivity index (χ1v) is 7.59. The third-order valence-corrected chi connectivity index (χ3v) is 4.18. The molecule has 8 nitrogen and oxygen atoms in total. The van der Waals surface area contributed by atoms with Gasteiger partial charge in [-0.3, -0.25) is 9.48 Å². The summed E-state index contributed by atoms with van der Waals surface area (Å²) in [5.41, 5.74) is 4.92. The largest absolute Gasteiger partial charge is 0.349 e. The fourth-order valence-electron chi connectivity index (χ4n) is 1.38. The van der Waals surface area contributed by atoms with Crippen molar-refractivity contribution in [3.63, 3.8) is 0 Å². The van der Waals surface area contributed by atoms with Crippen molar-refractivity contribution in [1.82, 2.24) is 19.8 Å². The number of sulfonamides is 1. The minimum atomic E-state index is -3.77. The van der Waals surface area contributed by atoms with E-state index < -0.39 is 27.5 Å². The first kappa shape index (κ1) is 19.8. The first-order valence-electron chi connectivity index (χ1n) is 6.10. The lowest BCUT2D eigenvalue weighted by Gasteiger charge is -2.26. The highest BCUT2D eigenvalue weighted by Crippen LogP contribution is 2.07. The summed E-state index contributed by atoms with van der Waals surface area (Å²) >= 11 is 0. The predicted octanol–water partition coefficient (Wildman–Crippen LogP) is -0.638. The summed E-state index contributed by atoms with van der Waals surface area (Å²) in [7, 11) is -2.16. The van der Waals surface area contributed by atoms with Gasteiger partial charge in [0, 0.05) is 25.3 Å². The van der Waals surface area contributed by atoms with E-state index in [0.717, 1.165) is 0 Å². The van der Waals surface area contributed by atoms with Gasteiger partial charge in [-0.05, 0) is 20.8 Å². The van der Waals surface area contributed by atoms with Gasteiger partial charge in [-0.25, -0.2) is 8.42 Å². The monoisotopic (exact) mass is 339 g/mol. The van der Waals surface area contributed by atoms with Crippen molar-refractivity contribution in [3.05, 3.63) is 12.4 Å². The van der Waals surface area contributed by atoms with Gasteiger partial charge in [0.1, 0.15) is 4.90 Å². The minimum absolute atomic E-state index is 0. The number of nitrogens with zero attached hydrogens (tertiary/aromatic N) is 2.